The van der Waals surface area contributed by atoms with Crippen LogP contribution < -0.4 is 5.32 Å². The summed E-state index contributed by atoms with van der Waals surface area (Å²) in [6.45, 7) is 4.87. The van der Waals surface area contributed by atoms with Crippen LogP contribution in [-0.4, -0.2) is 23.7 Å². The molecule has 20 heavy (non-hydrogen) atoms. The Bertz CT molecular complexity index is 378. The zero-order valence-corrected chi connectivity index (χ0v) is 12.6. The summed E-state index contributed by atoms with van der Waals surface area (Å²) >= 11 is 0. The Morgan fingerprint density at radius 2 is 1.85 bits per heavy atom. The standard InChI is InChI=1S/C17H27NO2/c1-3-5-12-15(9-4-2)18-13-16(17(19)20)14-10-7-6-8-11-14/h6-8,10-11,15-16,18H,3-5,9,12-13H2,1-2H3,(H,19,20). The highest BCUT2D eigenvalue weighted by molar-refractivity contribution is 5.76. The van der Waals surface area contributed by atoms with Crippen LogP contribution in [0.2, 0.25) is 0 Å². The molecule has 0 aliphatic heterocycles. The van der Waals surface area contributed by atoms with Crippen LogP contribution in [0.3, 0.4) is 0 Å². The fourth-order valence-electron chi connectivity index (χ4n) is 2.47. The van der Waals surface area contributed by atoms with Crippen LogP contribution in [0, 0.1) is 0 Å². The van der Waals surface area contributed by atoms with Crippen LogP contribution in [0.4, 0.5) is 0 Å². The zero-order valence-electron chi connectivity index (χ0n) is 12.6. The summed E-state index contributed by atoms with van der Waals surface area (Å²) in [5, 5.41) is 12.9. The lowest BCUT2D eigenvalue weighted by molar-refractivity contribution is -0.138. The molecular weight excluding hydrogens is 250 g/mol. The Balaban J connectivity index is 2.59. The minimum absolute atomic E-state index is 0.436. The van der Waals surface area contributed by atoms with Gasteiger partial charge in [-0.05, 0) is 18.4 Å². The molecule has 2 atom stereocenters. The van der Waals surface area contributed by atoms with E-state index in [2.05, 4.69) is 19.2 Å². The van der Waals surface area contributed by atoms with Crippen molar-refractivity contribution in [1.82, 2.24) is 5.32 Å². The molecule has 0 aliphatic rings. The monoisotopic (exact) mass is 277 g/mol. The van der Waals surface area contributed by atoms with E-state index in [9.17, 15) is 9.90 Å². The normalized spacial score (nSPS) is 13.9. The smallest absolute Gasteiger partial charge is 0.312 e. The second kappa shape index (κ2) is 9.54. The molecule has 3 heteroatoms. The van der Waals surface area contributed by atoms with Gasteiger partial charge in [0.25, 0.3) is 0 Å². The third kappa shape index (κ3) is 5.74. The van der Waals surface area contributed by atoms with E-state index >= 15 is 0 Å². The van der Waals surface area contributed by atoms with Crippen LogP contribution in [-0.2, 0) is 4.79 Å². The van der Waals surface area contributed by atoms with Crippen molar-refractivity contribution in [2.75, 3.05) is 6.54 Å². The molecule has 2 N–H and O–H groups in total. The van der Waals surface area contributed by atoms with Gasteiger partial charge in [0.2, 0.25) is 0 Å². The second-order valence-electron chi connectivity index (χ2n) is 5.34. The van der Waals surface area contributed by atoms with Crippen molar-refractivity contribution in [3.63, 3.8) is 0 Å². The largest absolute Gasteiger partial charge is 0.481 e. The van der Waals surface area contributed by atoms with E-state index in [1.807, 2.05) is 30.3 Å². The van der Waals surface area contributed by atoms with Crippen molar-refractivity contribution in [3.8, 4) is 0 Å². The summed E-state index contributed by atoms with van der Waals surface area (Å²) in [4.78, 5) is 11.4. The number of nitrogens with one attached hydrogen (secondary N) is 1. The molecule has 0 amide bonds. The molecule has 3 nitrogen and oxygen atoms in total. The molecule has 0 saturated heterocycles. The Kier molecular flexibility index (Phi) is 7.97. The first kappa shape index (κ1) is 16.7. The molecule has 2 unspecified atom stereocenters. The topological polar surface area (TPSA) is 49.3 Å². The highest BCUT2D eigenvalue weighted by atomic mass is 16.4. The van der Waals surface area contributed by atoms with Crippen molar-refractivity contribution < 1.29 is 9.90 Å². The first-order valence-corrected chi connectivity index (χ1v) is 7.70. The van der Waals surface area contributed by atoms with E-state index in [-0.39, 0.29) is 0 Å². The quantitative estimate of drug-likeness (QED) is 0.684. The van der Waals surface area contributed by atoms with Crippen molar-refractivity contribution in [2.45, 2.75) is 57.9 Å². The molecule has 0 aliphatic carbocycles. The van der Waals surface area contributed by atoms with Crippen molar-refractivity contribution in [2.24, 2.45) is 0 Å². The average Bonchev–Trinajstić information content (AvgIpc) is 2.45. The van der Waals surface area contributed by atoms with Gasteiger partial charge in [0, 0.05) is 12.6 Å². The Morgan fingerprint density at radius 1 is 1.15 bits per heavy atom. The minimum atomic E-state index is -0.755. The van der Waals surface area contributed by atoms with Crippen molar-refractivity contribution in [3.05, 3.63) is 35.9 Å². The van der Waals surface area contributed by atoms with E-state index in [1.54, 1.807) is 0 Å². The summed E-state index contributed by atoms with van der Waals surface area (Å²) in [6, 6.07) is 9.92. The van der Waals surface area contributed by atoms with Gasteiger partial charge in [-0.15, -0.1) is 0 Å². The zero-order chi connectivity index (χ0) is 14.8. The number of unbranched alkanes of at least 4 members (excludes halogenated alkanes) is 1. The number of carboxylic acid groups (broad SMARTS) is 1. The van der Waals surface area contributed by atoms with E-state index in [0.29, 0.717) is 12.6 Å². The highest BCUT2D eigenvalue weighted by Crippen LogP contribution is 2.16. The molecule has 0 heterocycles. The molecule has 1 aromatic rings. The lowest BCUT2D eigenvalue weighted by Gasteiger charge is -2.21. The molecular formula is C17H27NO2. The van der Waals surface area contributed by atoms with E-state index in [1.165, 1.54) is 12.8 Å². The Hall–Kier alpha value is -1.35. The van der Waals surface area contributed by atoms with Crippen LogP contribution in [0.1, 0.15) is 57.4 Å². The van der Waals surface area contributed by atoms with Crippen molar-refractivity contribution >= 4 is 5.97 Å². The predicted octanol–water partition coefficient (Wildman–Crippen LogP) is 3.80. The van der Waals surface area contributed by atoms with Gasteiger partial charge >= 0.3 is 5.97 Å². The van der Waals surface area contributed by atoms with Crippen LogP contribution in [0.15, 0.2) is 30.3 Å². The fraction of sp³-hybridized carbons (Fsp3) is 0.588. The molecule has 0 fully saturated rings. The molecule has 0 saturated carbocycles. The van der Waals surface area contributed by atoms with Crippen LogP contribution >= 0.6 is 0 Å². The third-order valence-corrected chi connectivity index (χ3v) is 3.65. The lowest BCUT2D eigenvalue weighted by atomic mass is 9.98. The Labute approximate surface area is 122 Å². The molecule has 0 bridgehead atoms. The fourth-order valence-corrected chi connectivity index (χ4v) is 2.47. The number of carbonyl (C=O) groups is 1. The van der Waals surface area contributed by atoms with Crippen molar-refractivity contribution in [1.29, 1.82) is 0 Å². The molecule has 0 radical (unpaired) electrons. The third-order valence-electron chi connectivity index (χ3n) is 3.65. The first-order chi connectivity index (χ1) is 9.69. The van der Waals surface area contributed by atoms with E-state index < -0.39 is 11.9 Å². The molecule has 1 rings (SSSR count). The van der Waals surface area contributed by atoms with E-state index in [0.717, 1.165) is 24.8 Å². The maximum atomic E-state index is 11.4. The lowest BCUT2D eigenvalue weighted by Crippen LogP contribution is -2.35. The molecule has 112 valence electrons. The first-order valence-electron chi connectivity index (χ1n) is 7.70. The van der Waals surface area contributed by atoms with Gasteiger partial charge in [-0.1, -0.05) is 63.4 Å². The highest BCUT2D eigenvalue weighted by Gasteiger charge is 2.20. The SMILES string of the molecule is CCCCC(CCC)NCC(C(=O)O)c1ccccc1. The number of carboxylic acids is 1. The van der Waals surface area contributed by atoms with Gasteiger partial charge < -0.3 is 10.4 Å². The minimum Gasteiger partial charge on any atom is -0.481 e. The van der Waals surface area contributed by atoms with Gasteiger partial charge in [0.05, 0.1) is 5.92 Å². The molecule has 0 aromatic heterocycles. The van der Waals surface area contributed by atoms with Gasteiger partial charge in [-0.3, -0.25) is 4.79 Å². The number of benzene rings is 1. The average molecular weight is 277 g/mol. The molecule has 0 spiro atoms. The summed E-state index contributed by atoms with van der Waals surface area (Å²) < 4.78 is 0. The van der Waals surface area contributed by atoms with Gasteiger partial charge in [0.15, 0.2) is 0 Å². The number of rotatable bonds is 10. The van der Waals surface area contributed by atoms with Gasteiger partial charge in [-0.25, -0.2) is 0 Å². The maximum absolute atomic E-state index is 11.4. The van der Waals surface area contributed by atoms with Crippen LogP contribution in [0.5, 0.6) is 0 Å². The van der Waals surface area contributed by atoms with Crippen LogP contribution in [0.25, 0.3) is 0 Å². The summed E-state index contributed by atoms with van der Waals surface area (Å²) in [5.74, 6) is -1.22. The van der Waals surface area contributed by atoms with Gasteiger partial charge in [-0.2, -0.15) is 0 Å². The number of aliphatic carboxylic acids is 1. The summed E-state index contributed by atoms with van der Waals surface area (Å²) in [6.07, 6.45) is 5.75. The summed E-state index contributed by atoms with van der Waals surface area (Å²) in [5.41, 5.74) is 0.873. The number of hydrogen-bond acceptors (Lipinski definition) is 2. The predicted molar refractivity (Wildman–Crippen MR) is 83.0 cm³/mol. The molecule has 1 aromatic carbocycles. The Morgan fingerprint density at radius 3 is 2.40 bits per heavy atom. The van der Waals surface area contributed by atoms with E-state index in [4.69, 9.17) is 0 Å². The number of hydrogen-bond donors (Lipinski definition) is 2. The maximum Gasteiger partial charge on any atom is 0.312 e. The summed E-state index contributed by atoms with van der Waals surface area (Å²) in [7, 11) is 0. The van der Waals surface area contributed by atoms with Gasteiger partial charge in [0.1, 0.15) is 0 Å². The second-order valence-corrected chi connectivity index (χ2v) is 5.34.